The van der Waals surface area contributed by atoms with Crippen molar-refractivity contribution in [3.63, 3.8) is 0 Å². The van der Waals surface area contributed by atoms with Gasteiger partial charge in [-0.15, -0.1) is 0 Å². The normalized spacial score (nSPS) is 20.7. The van der Waals surface area contributed by atoms with E-state index in [-0.39, 0.29) is 24.0 Å². The van der Waals surface area contributed by atoms with E-state index >= 15 is 0 Å². The monoisotopic (exact) mass is 333 g/mol. The molecule has 0 aliphatic heterocycles. The minimum atomic E-state index is -0.285. The zero-order valence-corrected chi connectivity index (χ0v) is 13.7. The van der Waals surface area contributed by atoms with E-state index in [1.807, 2.05) is 48.5 Å². The molecule has 1 aliphatic carbocycles. The highest BCUT2D eigenvalue weighted by atomic mass is 16.3. The Kier molecular flexibility index (Phi) is 4.15. The van der Waals surface area contributed by atoms with E-state index in [0.717, 1.165) is 16.6 Å². The SMILES string of the molecule is O=C(NC(c1ccccn1)C1CC(O)C1)c1ccc2ccccc2n1. The Labute approximate surface area is 145 Å². The number of fused-ring (bicyclic) bond motifs is 1. The predicted molar refractivity (Wildman–Crippen MR) is 94.9 cm³/mol. The molecule has 1 saturated carbocycles. The Balaban J connectivity index is 1.59. The van der Waals surface area contributed by atoms with Crippen LogP contribution in [0.1, 0.15) is 35.1 Å². The summed E-state index contributed by atoms with van der Waals surface area (Å²) in [6.07, 6.45) is 2.78. The number of amides is 1. The van der Waals surface area contributed by atoms with Crippen molar-refractivity contribution < 1.29 is 9.90 Å². The van der Waals surface area contributed by atoms with Crippen LogP contribution in [0, 0.1) is 5.92 Å². The number of hydrogen-bond donors (Lipinski definition) is 2. The minimum Gasteiger partial charge on any atom is -0.393 e. The second-order valence-electron chi connectivity index (χ2n) is 6.48. The number of aliphatic hydroxyl groups is 1. The second-order valence-corrected chi connectivity index (χ2v) is 6.48. The predicted octanol–water partition coefficient (Wildman–Crippen LogP) is 2.87. The van der Waals surface area contributed by atoms with E-state index in [0.29, 0.717) is 18.5 Å². The van der Waals surface area contributed by atoms with E-state index in [9.17, 15) is 9.90 Å². The number of rotatable bonds is 4. The maximum absolute atomic E-state index is 12.7. The zero-order chi connectivity index (χ0) is 17.2. The van der Waals surface area contributed by atoms with Crippen LogP contribution in [0.5, 0.6) is 0 Å². The lowest BCUT2D eigenvalue weighted by molar-refractivity contribution is 0.0228. The van der Waals surface area contributed by atoms with Crippen LogP contribution in [-0.2, 0) is 0 Å². The molecule has 126 valence electrons. The quantitative estimate of drug-likeness (QED) is 0.770. The molecule has 3 aromatic rings. The third-order valence-electron chi connectivity index (χ3n) is 4.75. The van der Waals surface area contributed by atoms with Gasteiger partial charge >= 0.3 is 0 Å². The highest BCUT2D eigenvalue weighted by molar-refractivity contribution is 5.95. The van der Waals surface area contributed by atoms with Gasteiger partial charge in [-0.1, -0.05) is 30.3 Å². The van der Waals surface area contributed by atoms with Gasteiger partial charge in [-0.3, -0.25) is 9.78 Å². The third-order valence-corrected chi connectivity index (χ3v) is 4.75. The van der Waals surface area contributed by atoms with Crippen LogP contribution in [0.4, 0.5) is 0 Å². The van der Waals surface area contributed by atoms with Gasteiger partial charge in [0, 0.05) is 11.6 Å². The summed E-state index contributed by atoms with van der Waals surface area (Å²) in [6.45, 7) is 0. The molecule has 0 bridgehead atoms. The van der Waals surface area contributed by atoms with Crippen LogP contribution in [0.2, 0.25) is 0 Å². The molecule has 1 atom stereocenters. The van der Waals surface area contributed by atoms with Gasteiger partial charge in [-0.25, -0.2) is 4.98 Å². The number of benzene rings is 1. The lowest BCUT2D eigenvalue weighted by Gasteiger charge is -2.37. The molecule has 5 heteroatoms. The summed E-state index contributed by atoms with van der Waals surface area (Å²) in [5.74, 6) is -0.0305. The first-order chi connectivity index (χ1) is 12.2. The van der Waals surface area contributed by atoms with Crippen LogP contribution in [0.15, 0.2) is 60.8 Å². The lowest BCUT2D eigenvalue weighted by Crippen LogP contribution is -2.42. The number of carbonyl (C=O) groups is 1. The Morgan fingerprint density at radius 3 is 2.64 bits per heavy atom. The molecular weight excluding hydrogens is 314 g/mol. The summed E-state index contributed by atoms with van der Waals surface area (Å²) < 4.78 is 0. The number of nitrogens with zero attached hydrogens (tertiary/aromatic N) is 2. The highest BCUT2D eigenvalue weighted by Crippen LogP contribution is 2.37. The molecule has 1 aromatic carbocycles. The lowest BCUT2D eigenvalue weighted by atomic mass is 9.76. The summed E-state index contributed by atoms with van der Waals surface area (Å²) in [4.78, 5) is 21.6. The molecular formula is C20H19N3O2. The molecule has 2 aromatic heterocycles. The molecule has 0 spiro atoms. The van der Waals surface area contributed by atoms with Crippen molar-refractivity contribution in [2.24, 2.45) is 5.92 Å². The number of hydrogen-bond acceptors (Lipinski definition) is 4. The number of carbonyl (C=O) groups excluding carboxylic acids is 1. The first kappa shape index (κ1) is 15.7. The Morgan fingerprint density at radius 1 is 1.08 bits per heavy atom. The van der Waals surface area contributed by atoms with E-state index < -0.39 is 0 Å². The van der Waals surface area contributed by atoms with Crippen molar-refractivity contribution in [1.29, 1.82) is 0 Å². The molecule has 1 fully saturated rings. The maximum atomic E-state index is 12.7. The Morgan fingerprint density at radius 2 is 1.88 bits per heavy atom. The molecule has 2 heterocycles. The highest BCUT2D eigenvalue weighted by Gasteiger charge is 2.36. The molecule has 5 nitrogen and oxygen atoms in total. The molecule has 1 aliphatic rings. The van der Waals surface area contributed by atoms with Gasteiger partial charge in [0.15, 0.2) is 0 Å². The number of pyridine rings is 2. The standard InChI is InChI=1S/C20H19N3O2/c24-15-11-14(12-15)19(17-7-3-4-10-21-17)23-20(25)18-9-8-13-5-1-2-6-16(13)22-18/h1-10,14-15,19,24H,11-12H2,(H,23,25). The van der Waals surface area contributed by atoms with Gasteiger partial charge in [-0.2, -0.15) is 0 Å². The topological polar surface area (TPSA) is 75.1 Å². The fourth-order valence-corrected chi connectivity index (χ4v) is 3.30. The van der Waals surface area contributed by atoms with Gasteiger partial charge in [-0.05, 0) is 43.0 Å². The Bertz CT molecular complexity index is 892. The number of aliphatic hydroxyl groups excluding tert-OH is 1. The average molecular weight is 333 g/mol. The molecule has 1 unspecified atom stereocenters. The van der Waals surface area contributed by atoms with Gasteiger partial charge < -0.3 is 10.4 Å². The number of aromatic nitrogens is 2. The largest absolute Gasteiger partial charge is 0.393 e. The molecule has 1 amide bonds. The van der Waals surface area contributed by atoms with Crippen molar-refractivity contribution in [3.8, 4) is 0 Å². The molecule has 0 radical (unpaired) electrons. The van der Waals surface area contributed by atoms with Crippen molar-refractivity contribution in [1.82, 2.24) is 15.3 Å². The van der Waals surface area contributed by atoms with E-state index in [4.69, 9.17) is 0 Å². The smallest absolute Gasteiger partial charge is 0.270 e. The number of nitrogens with one attached hydrogen (secondary N) is 1. The summed E-state index contributed by atoms with van der Waals surface area (Å²) in [5.41, 5.74) is 2.00. The fourth-order valence-electron chi connectivity index (χ4n) is 3.30. The molecule has 0 saturated heterocycles. The van der Waals surface area contributed by atoms with Crippen LogP contribution >= 0.6 is 0 Å². The average Bonchev–Trinajstić information content (AvgIpc) is 2.64. The summed E-state index contributed by atoms with van der Waals surface area (Å²) >= 11 is 0. The van der Waals surface area contributed by atoms with Crippen LogP contribution in [-0.4, -0.2) is 27.1 Å². The van der Waals surface area contributed by atoms with Crippen LogP contribution in [0.3, 0.4) is 0 Å². The minimum absolute atomic E-state index is 0.189. The van der Waals surface area contributed by atoms with Crippen molar-refractivity contribution in [3.05, 3.63) is 72.2 Å². The van der Waals surface area contributed by atoms with Crippen molar-refractivity contribution in [2.45, 2.75) is 25.0 Å². The summed E-state index contributed by atoms with van der Waals surface area (Å²) in [6, 6.07) is 16.8. The van der Waals surface area contributed by atoms with Gasteiger partial charge in [0.1, 0.15) is 5.69 Å². The first-order valence-corrected chi connectivity index (χ1v) is 8.46. The first-order valence-electron chi connectivity index (χ1n) is 8.46. The fraction of sp³-hybridized carbons (Fsp3) is 0.250. The van der Waals surface area contributed by atoms with Gasteiger partial charge in [0.25, 0.3) is 5.91 Å². The second kappa shape index (κ2) is 6.61. The summed E-state index contributed by atoms with van der Waals surface area (Å²) in [7, 11) is 0. The zero-order valence-electron chi connectivity index (χ0n) is 13.7. The van der Waals surface area contributed by atoms with Gasteiger partial charge in [0.05, 0.1) is 23.4 Å². The van der Waals surface area contributed by atoms with Crippen molar-refractivity contribution >= 4 is 16.8 Å². The van der Waals surface area contributed by atoms with Crippen molar-refractivity contribution in [2.75, 3.05) is 0 Å². The van der Waals surface area contributed by atoms with E-state index in [2.05, 4.69) is 15.3 Å². The molecule has 4 rings (SSSR count). The van der Waals surface area contributed by atoms with E-state index in [1.165, 1.54) is 0 Å². The van der Waals surface area contributed by atoms with Gasteiger partial charge in [0.2, 0.25) is 0 Å². The van der Waals surface area contributed by atoms with Crippen LogP contribution < -0.4 is 5.32 Å². The third kappa shape index (κ3) is 3.23. The number of para-hydroxylation sites is 1. The molecule has 25 heavy (non-hydrogen) atoms. The van der Waals surface area contributed by atoms with Crippen LogP contribution in [0.25, 0.3) is 10.9 Å². The van der Waals surface area contributed by atoms with E-state index in [1.54, 1.807) is 12.3 Å². The Hall–Kier alpha value is -2.79. The maximum Gasteiger partial charge on any atom is 0.270 e. The summed E-state index contributed by atoms with van der Waals surface area (Å²) in [5, 5.41) is 13.7. The molecule has 2 N–H and O–H groups in total.